The second-order valence-corrected chi connectivity index (χ2v) is 3.61. The van der Waals surface area contributed by atoms with E-state index in [1.165, 1.54) is 0 Å². The molecule has 0 aromatic rings. The Balaban J connectivity index is 2.69. The van der Waals surface area contributed by atoms with Crippen molar-refractivity contribution < 1.29 is 13.6 Å². The highest BCUT2D eigenvalue weighted by Gasteiger charge is 2.38. The van der Waals surface area contributed by atoms with Crippen LogP contribution in [0.25, 0.3) is 0 Å². The highest BCUT2D eigenvalue weighted by Crippen LogP contribution is 2.27. The van der Waals surface area contributed by atoms with Crippen LogP contribution >= 0.6 is 0 Å². The van der Waals surface area contributed by atoms with Gasteiger partial charge in [0.05, 0.1) is 0 Å². The summed E-state index contributed by atoms with van der Waals surface area (Å²) in [6.07, 6.45) is 3.44. The van der Waals surface area contributed by atoms with Gasteiger partial charge in [0.15, 0.2) is 5.78 Å². The normalized spacial score (nSPS) is 32.9. The van der Waals surface area contributed by atoms with Gasteiger partial charge in [-0.3, -0.25) is 4.79 Å². The van der Waals surface area contributed by atoms with Gasteiger partial charge in [-0.2, -0.15) is 0 Å². The highest BCUT2D eigenvalue weighted by atomic mass is 28.2. The van der Waals surface area contributed by atoms with Crippen molar-refractivity contribution in [2.75, 3.05) is 0 Å². The summed E-state index contributed by atoms with van der Waals surface area (Å²) in [5, 5.41) is 0. The lowest BCUT2D eigenvalue weighted by molar-refractivity contribution is -0.168. The minimum absolute atomic E-state index is 0.147. The maximum atomic E-state index is 11.4. The fourth-order valence-electron chi connectivity index (χ4n) is 1.49. The Kier molecular flexibility index (Phi) is 3.00. The van der Waals surface area contributed by atoms with E-state index in [1.54, 1.807) is 0 Å². The van der Waals surface area contributed by atoms with Crippen molar-refractivity contribution in [3.8, 4) is 0 Å². The van der Waals surface area contributed by atoms with Crippen LogP contribution in [0.2, 0.25) is 0 Å². The average Bonchev–Trinajstić information content (AvgIpc) is 2.06. The van der Waals surface area contributed by atoms with Crippen LogP contribution in [0.3, 0.4) is 0 Å². The van der Waals surface area contributed by atoms with Crippen molar-refractivity contribution in [3.05, 3.63) is 0 Å². The summed E-state index contributed by atoms with van der Waals surface area (Å²) >= 11 is 0. The Morgan fingerprint density at radius 3 is 2.27 bits per heavy atom. The Morgan fingerprint density at radius 1 is 1.27 bits per heavy atom. The van der Waals surface area contributed by atoms with Crippen LogP contribution in [-0.4, -0.2) is 32.5 Å². The third-order valence-electron chi connectivity index (χ3n) is 2.24. The Hall–Kier alpha value is 0.0238. The van der Waals surface area contributed by atoms with Crippen LogP contribution in [0, 0.1) is 0 Å². The number of rotatable bonds is 2. The molecule has 0 aromatic heterocycles. The molecule has 1 aliphatic carbocycles. The van der Waals surface area contributed by atoms with Crippen LogP contribution < -0.4 is 0 Å². The molecule has 0 spiro atoms. The summed E-state index contributed by atoms with van der Waals surface area (Å²) in [6.45, 7) is 0. The fraction of sp³-hybridized carbons (Fsp3) is 0.833. The van der Waals surface area contributed by atoms with Gasteiger partial charge in [0.1, 0.15) is 21.0 Å². The van der Waals surface area contributed by atoms with Crippen LogP contribution in [0.15, 0.2) is 0 Å². The molecule has 3 nitrogen and oxygen atoms in total. The van der Waals surface area contributed by atoms with Gasteiger partial charge in [-0.25, -0.2) is 0 Å². The van der Waals surface area contributed by atoms with E-state index in [2.05, 4.69) is 0 Å². The molecule has 0 N–H and O–H groups in total. The molecule has 1 saturated carbocycles. The lowest BCUT2D eigenvalue weighted by Crippen LogP contribution is -2.45. The molecule has 0 unspecified atom stereocenters. The third kappa shape index (κ3) is 1.61. The SMILES string of the molecule is O=C1CCCCC1(O[SiH3])O[SiH3]. The van der Waals surface area contributed by atoms with Crippen LogP contribution in [0.1, 0.15) is 25.7 Å². The van der Waals surface area contributed by atoms with Gasteiger partial charge in [0, 0.05) is 12.8 Å². The fourth-order valence-corrected chi connectivity index (χ4v) is 3.02. The first-order chi connectivity index (χ1) is 5.25. The van der Waals surface area contributed by atoms with Gasteiger partial charge in [-0.15, -0.1) is 0 Å². The van der Waals surface area contributed by atoms with Crippen molar-refractivity contribution in [1.82, 2.24) is 0 Å². The molecule has 0 radical (unpaired) electrons. The Morgan fingerprint density at radius 2 is 1.91 bits per heavy atom. The molecule has 1 fully saturated rings. The van der Waals surface area contributed by atoms with Gasteiger partial charge in [-0.1, -0.05) is 0 Å². The van der Waals surface area contributed by atoms with E-state index < -0.39 is 5.79 Å². The van der Waals surface area contributed by atoms with Crippen molar-refractivity contribution in [3.63, 3.8) is 0 Å². The summed E-state index contributed by atoms with van der Waals surface area (Å²) in [5.41, 5.74) is 0. The van der Waals surface area contributed by atoms with Crippen LogP contribution in [-0.2, 0) is 13.6 Å². The molecule has 0 bridgehead atoms. The third-order valence-corrected chi connectivity index (χ3v) is 3.56. The molecule has 0 aliphatic heterocycles. The maximum Gasteiger partial charge on any atom is 0.208 e. The number of carbonyl (C=O) groups excluding carboxylic acids is 1. The van der Waals surface area contributed by atoms with Crippen molar-refractivity contribution >= 4 is 26.8 Å². The average molecular weight is 190 g/mol. The molecule has 1 aliphatic rings. The number of hydrogen-bond acceptors (Lipinski definition) is 3. The molecular formula is C6H14O3Si2. The zero-order chi connectivity index (χ0) is 8.32. The number of Topliss-reactive ketones (excluding diaryl/α,β-unsaturated/α-hetero) is 1. The van der Waals surface area contributed by atoms with E-state index in [0.29, 0.717) is 27.4 Å². The molecule has 0 heterocycles. The molecular weight excluding hydrogens is 176 g/mol. The van der Waals surface area contributed by atoms with E-state index in [0.717, 1.165) is 19.3 Å². The lowest BCUT2D eigenvalue weighted by atomic mass is 9.93. The summed E-state index contributed by atoms with van der Waals surface area (Å²) in [7, 11) is 1.16. The van der Waals surface area contributed by atoms with Crippen molar-refractivity contribution in [1.29, 1.82) is 0 Å². The zero-order valence-electron chi connectivity index (χ0n) is 7.05. The van der Waals surface area contributed by atoms with Crippen molar-refractivity contribution in [2.45, 2.75) is 31.5 Å². The number of hydrogen-bond donors (Lipinski definition) is 0. The largest absolute Gasteiger partial charge is 0.397 e. The summed E-state index contributed by atoms with van der Waals surface area (Å²) in [5.74, 6) is -0.648. The van der Waals surface area contributed by atoms with Gasteiger partial charge >= 0.3 is 0 Å². The molecule has 11 heavy (non-hydrogen) atoms. The number of ketones is 1. The standard InChI is InChI=1S/C6H14O3Si2/c7-5-3-1-2-4-6(5,8-10)9-11/h1-4H2,10-11H3. The van der Waals surface area contributed by atoms with E-state index in [4.69, 9.17) is 8.85 Å². The first-order valence-electron chi connectivity index (χ1n) is 3.89. The predicted molar refractivity (Wildman–Crippen MR) is 48.3 cm³/mol. The topological polar surface area (TPSA) is 35.5 Å². The monoisotopic (exact) mass is 190 g/mol. The quantitative estimate of drug-likeness (QED) is 0.389. The summed E-state index contributed by atoms with van der Waals surface area (Å²) < 4.78 is 10.5. The highest BCUT2D eigenvalue weighted by molar-refractivity contribution is 6.04. The van der Waals surface area contributed by atoms with Crippen LogP contribution in [0.4, 0.5) is 0 Å². The Bertz CT molecular complexity index is 156. The van der Waals surface area contributed by atoms with E-state index in [-0.39, 0.29) is 5.78 Å². The van der Waals surface area contributed by atoms with E-state index in [9.17, 15) is 4.79 Å². The van der Waals surface area contributed by atoms with Gasteiger partial charge in [0.25, 0.3) is 0 Å². The van der Waals surface area contributed by atoms with Crippen LogP contribution in [0.5, 0.6) is 0 Å². The summed E-state index contributed by atoms with van der Waals surface area (Å²) in [4.78, 5) is 11.4. The molecule has 1 rings (SSSR count). The van der Waals surface area contributed by atoms with Gasteiger partial charge in [0.2, 0.25) is 5.79 Å². The van der Waals surface area contributed by atoms with E-state index in [1.807, 2.05) is 0 Å². The minimum Gasteiger partial charge on any atom is -0.397 e. The predicted octanol–water partition coefficient (Wildman–Crippen LogP) is -1.58. The molecule has 64 valence electrons. The van der Waals surface area contributed by atoms with E-state index >= 15 is 0 Å². The minimum atomic E-state index is -0.795. The van der Waals surface area contributed by atoms with Crippen molar-refractivity contribution in [2.24, 2.45) is 0 Å². The smallest absolute Gasteiger partial charge is 0.208 e. The van der Waals surface area contributed by atoms with Gasteiger partial charge < -0.3 is 8.85 Å². The zero-order valence-corrected chi connectivity index (χ0v) is 11.1. The van der Waals surface area contributed by atoms with Gasteiger partial charge in [-0.05, 0) is 12.8 Å². The molecule has 0 aromatic carbocycles. The second kappa shape index (κ2) is 3.62. The second-order valence-electron chi connectivity index (χ2n) is 2.79. The first-order valence-corrected chi connectivity index (χ1v) is 5.52. The molecule has 5 heteroatoms. The lowest BCUT2D eigenvalue weighted by Gasteiger charge is -2.33. The molecule has 0 atom stereocenters. The first kappa shape index (κ1) is 9.11. The molecule has 0 saturated heterocycles. The molecule has 0 amide bonds. The number of carbonyl (C=O) groups is 1. The summed E-state index contributed by atoms with van der Waals surface area (Å²) in [6, 6.07) is 0. The maximum absolute atomic E-state index is 11.4. The Labute approximate surface area is 72.5 Å².